The minimum Gasteiger partial charge on any atom is -0.451 e. The van der Waals surface area contributed by atoms with Crippen LogP contribution in [-0.4, -0.2) is 11.8 Å². The van der Waals surface area contributed by atoms with E-state index in [2.05, 4.69) is 10.6 Å². The lowest BCUT2D eigenvalue weighted by atomic mass is 10.1. The fourth-order valence-electron chi connectivity index (χ4n) is 2.86. The maximum atomic E-state index is 12.6. The van der Waals surface area contributed by atoms with Crippen molar-refractivity contribution >= 4 is 45.8 Å². The molecule has 0 spiro atoms. The van der Waals surface area contributed by atoms with Crippen LogP contribution in [0, 0.1) is 12.8 Å². The number of fused-ring (bicyclic) bond motifs is 1. The number of hydrogen-bond acceptors (Lipinski definition) is 3. The molecule has 1 fully saturated rings. The lowest BCUT2D eigenvalue weighted by Crippen LogP contribution is -2.15. The molecule has 0 unspecified atom stereocenters. The van der Waals surface area contributed by atoms with E-state index in [0.29, 0.717) is 22.0 Å². The lowest BCUT2D eigenvalue weighted by Gasteiger charge is -2.08. The molecule has 26 heavy (non-hydrogen) atoms. The quantitative estimate of drug-likeness (QED) is 0.681. The zero-order valence-electron chi connectivity index (χ0n) is 14.1. The molecule has 1 aromatic heterocycles. The zero-order chi connectivity index (χ0) is 18.3. The standard InChI is InChI=1S/C20H17ClN2O3/c1-11-16-9-13(21)7-8-17(16)26-18(11)20(25)23-15-4-2-3-14(10-15)22-19(24)12-5-6-12/h2-4,7-10,12H,5-6H2,1H3,(H,22,24)(H,23,25). The van der Waals surface area contributed by atoms with Crippen molar-refractivity contribution in [2.24, 2.45) is 5.92 Å². The van der Waals surface area contributed by atoms with Gasteiger partial charge in [0.25, 0.3) is 5.91 Å². The summed E-state index contributed by atoms with van der Waals surface area (Å²) in [5.41, 5.74) is 2.59. The van der Waals surface area contributed by atoms with Crippen LogP contribution >= 0.6 is 11.6 Å². The number of benzene rings is 2. The van der Waals surface area contributed by atoms with Crippen LogP contribution in [0.3, 0.4) is 0 Å². The monoisotopic (exact) mass is 368 g/mol. The van der Waals surface area contributed by atoms with Crippen molar-refractivity contribution in [3.63, 3.8) is 0 Å². The molecule has 0 saturated heterocycles. The summed E-state index contributed by atoms with van der Waals surface area (Å²) in [6.07, 6.45) is 1.88. The highest BCUT2D eigenvalue weighted by atomic mass is 35.5. The summed E-state index contributed by atoms with van der Waals surface area (Å²) in [5.74, 6) is 0.0481. The van der Waals surface area contributed by atoms with Crippen molar-refractivity contribution in [1.29, 1.82) is 0 Å². The molecule has 1 heterocycles. The van der Waals surface area contributed by atoms with E-state index in [1.165, 1.54) is 0 Å². The average molecular weight is 369 g/mol. The molecule has 0 bridgehead atoms. The van der Waals surface area contributed by atoms with Gasteiger partial charge in [0, 0.05) is 33.3 Å². The van der Waals surface area contributed by atoms with Gasteiger partial charge in [-0.3, -0.25) is 9.59 Å². The molecule has 132 valence electrons. The van der Waals surface area contributed by atoms with Crippen LogP contribution in [0.4, 0.5) is 11.4 Å². The Kier molecular flexibility index (Phi) is 4.17. The number of amides is 2. The van der Waals surface area contributed by atoms with Crippen LogP contribution in [0.5, 0.6) is 0 Å². The fraction of sp³-hybridized carbons (Fsp3) is 0.200. The highest BCUT2D eigenvalue weighted by Gasteiger charge is 2.29. The second-order valence-electron chi connectivity index (χ2n) is 6.50. The van der Waals surface area contributed by atoms with E-state index < -0.39 is 0 Å². The smallest absolute Gasteiger partial charge is 0.291 e. The second-order valence-corrected chi connectivity index (χ2v) is 6.93. The van der Waals surface area contributed by atoms with Gasteiger partial charge in [0.15, 0.2) is 5.76 Å². The summed E-state index contributed by atoms with van der Waals surface area (Å²) in [5, 5.41) is 7.09. The highest BCUT2D eigenvalue weighted by Crippen LogP contribution is 2.31. The van der Waals surface area contributed by atoms with E-state index in [-0.39, 0.29) is 23.5 Å². The van der Waals surface area contributed by atoms with E-state index in [1.54, 1.807) is 42.5 Å². The molecule has 0 aliphatic heterocycles. The van der Waals surface area contributed by atoms with E-state index in [1.807, 2.05) is 6.92 Å². The van der Waals surface area contributed by atoms with Crippen LogP contribution < -0.4 is 10.6 Å². The Morgan fingerprint density at radius 1 is 1.08 bits per heavy atom. The Bertz CT molecular complexity index is 1020. The summed E-state index contributed by atoms with van der Waals surface area (Å²) < 4.78 is 5.68. The largest absolute Gasteiger partial charge is 0.451 e. The zero-order valence-corrected chi connectivity index (χ0v) is 14.9. The van der Waals surface area contributed by atoms with Gasteiger partial charge in [0.1, 0.15) is 5.58 Å². The van der Waals surface area contributed by atoms with Gasteiger partial charge in [-0.05, 0) is 56.2 Å². The topological polar surface area (TPSA) is 71.3 Å². The third kappa shape index (κ3) is 3.30. The van der Waals surface area contributed by atoms with Crippen molar-refractivity contribution in [2.75, 3.05) is 10.6 Å². The van der Waals surface area contributed by atoms with Crippen molar-refractivity contribution < 1.29 is 14.0 Å². The molecule has 2 amide bonds. The predicted octanol–water partition coefficient (Wildman–Crippen LogP) is 5.00. The van der Waals surface area contributed by atoms with Gasteiger partial charge in [-0.2, -0.15) is 0 Å². The first-order valence-electron chi connectivity index (χ1n) is 8.42. The lowest BCUT2D eigenvalue weighted by molar-refractivity contribution is -0.117. The van der Waals surface area contributed by atoms with Crippen LogP contribution in [0.1, 0.15) is 29.0 Å². The summed E-state index contributed by atoms with van der Waals surface area (Å²) in [4.78, 5) is 24.5. The molecule has 6 heteroatoms. The number of halogens is 1. The van der Waals surface area contributed by atoms with E-state index >= 15 is 0 Å². The number of anilines is 2. The molecular weight excluding hydrogens is 352 g/mol. The van der Waals surface area contributed by atoms with E-state index in [0.717, 1.165) is 23.8 Å². The van der Waals surface area contributed by atoms with Crippen molar-refractivity contribution in [2.45, 2.75) is 19.8 Å². The Morgan fingerprint density at radius 3 is 2.54 bits per heavy atom. The number of carbonyl (C=O) groups excluding carboxylic acids is 2. The SMILES string of the molecule is Cc1c(C(=O)Nc2cccc(NC(=O)C3CC3)c2)oc2ccc(Cl)cc12. The van der Waals surface area contributed by atoms with Gasteiger partial charge < -0.3 is 15.1 Å². The molecule has 1 saturated carbocycles. The minimum absolute atomic E-state index is 0.0264. The molecule has 1 aliphatic rings. The van der Waals surface area contributed by atoms with Crippen molar-refractivity contribution in [3.05, 3.63) is 58.8 Å². The maximum Gasteiger partial charge on any atom is 0.291 e. The normalized spacial score (nSPS) is 13.6. The maximum absolute atomic E-state index is 12.6. The van der Waals surface area contributed by atoms with Crippen LogP contribution in [0.15, 0.2) is 46.9 Å². The summed E-state index contributed by atoms with van der Waals surface area (Å²) in [6, 6.07) is 12.3. The first-order chi connectivity index (χ1) is 12.5. The van der Waals surface area contributed by atoms with Crippen LogP contribution in [0.2, 0.25) is 5.02 Å². The Morgan fingerprint density at radius 2 is 1.81 bits per heavy atom. The third-order valence-electron chi connectivity index (χ3n) is 4.44. The molecular formula is C20H17ClN2O3. The first kappa shape index (κ1) is 16.7. The van der Waals surface area contributed by atoms with Crippen LogP contribution in [-0.2, 0) is 4.79 Å². The van der Waals surface area contributed by atoms with Gasteiger partial charge in [-0.15, -0.1) is 0 Å². The molecule has 0 atom stereocenters. The number of nitrogens with one attached hydrogen (secondary N) is 2. The van der Waals surface area contributed by atoms with Crippen molar-refractivity contribution in [1.82, 2.24) is 0 Å². The second kappa shape index (κ2) is 6.50. The average Bonchev–Trinajstić information content (AvgIpc) is 3.41. The summed E-state index contributed by atoms with van der Waals surface area (Å²) in [6.45, 7) is 1.82. The van der Waals surface area contributed by atoms with Gasteiger partial charge in [0.05, 0.1) is 0 Å². The number of carbonyl (C=O) groups is 2. The predicted molar refractivity (Wildman–Crippen MR) is 102 cm³/mol. The highest BCUT2D eigenvalue weighted by molar-refractivity contribution is 6.31. The minimum atomic E-state index is -0.347. The Balaban J connectivity index is 1.54. The molecule has 2 N–H and O–H groups in total. The third-order valence-corrected chi connectivity index (χ3v) is 4.68. The molecule has 2 aromatic carbocycles. The van der Waals surface area contributed by atoms with E-state index in [4.69, 9.17) is 16.0 Å². The molecule has 1 aliphatic carbocycles. The first-order valence-corrected chi connectivity index (χ1v) is 8.80. The number of hydrogen-bond donors (Lipinski definition) is 2. The Labute approximate surface area is 155 Å². The number of furan rings is 1. The van der Waals surface area contributed by atoms with Crippen molar-refractivity contribution in [3.8, 4) is 0 Å². The van der Waals surface area contributed by atoms with Gasteiger partial charge in [0.2, 0.25) is 5.91 Å². The number of aryl methyl sites for hydroxylation is 1. The fourth-order valence-corrected chi connectivity index (χ4v) is 3.03. The van der Waals surface area contributed by atoms with Crippen LogP contribution in [0.25, 0.3) is 11.0 Å². The summed E-state index contributed by atoms with van der Waals surface area (Å²) in [7, 11) is 0. The molecule has 4 rings (SSSR count). The molecule has 5 nitrogen and oxygen atoms in total. The molecule has 0 radical (unpaired) electrons. The van der Waals surface area contributed by atoms with Gasteiger partial charge in [-0.1, -0.05) is 17.7 Å². The number of rotatable bonds is 4. The Hall–Kier alpha value is -2.79. The van der Waals surface area contributed by atoms with Gasteiger partial charge in [-0.25, -0.2) is 0 Å². The van der Waals surface area contributed by atoms with Gasteiger partial charge >= 0.3 is 0 Å². The molecule has 3 aromatic rings. The summed E-state index contributed by atoms with van der Waals surface area (Å²) >= 11 is 6.02. The van der Waals surface area contributed by atoms with E-state index in [9.17, 15) is 9.59 Å².